The molecule has 1 unspecified atom stereocenters. The Balaban J connectivity index is 3.02. The van der Waals surface area contributed by atoms with Gasteiger partial charge in [-0.15, -0.1) is 0 Å². The number of nitro groups is 1. The first-order valence-corrected chi connectivity index (χ1v) is 6.70. The van der Waals surface area contributed by atoms with Crippen molar-refractivity contribution >= 4 is 17.3 Å². The Morgan fingerprint density at radius 2 is 2.05 bits per heavy atom. The number of benzene rings is 1. The predicted molar refractivity (Wildman–Crippen MR) is 80.7 cm³/mol. The molecule has 7 nitrogen and oxygen atoms in total. The van der Waals surface area contributed by atoms with Crippen molar-refractivity contribution in [2.24, 2.45) is 0 Å². The molecule has 1 atom stereocenters. The van der Waals surface area contributed by atoms with Crippen molar-refractivity contribution < 1.29 is 14.5 Å². The van der Waals surface area contributed by atoms with Gasteiger partial charge in [0.1, 0.15) is 5.69 Å². The zero-order valence-electron chi connectivity index (χ0n) is 12.7. The fraction of sp³-hybridized carbons (Fsp3) is 0.500. The highest BCUT2D eigenvalue weighted by Gasteiger charge is 2.19. The molecule has 116 valence electrons. The maximum Gasteiger partial charge on any atom is 0.293 e. The van der Waals surface area contributed by atoms with Crippen LogP contribution in [0.25, 0.3) is 0 Å². The lowest BCUT2D eigenvalue weighted by Gasteiger charge is -2.15. The number of methoxy groups -OCH3 is 1. The Morgan fingerprint density at radius 1 is 1.38 bits per heavy atom. The molecule has 1 rings (SSSR count). The van der Waals surface area contributed by atoms with E-state index < -0.39 is 4.92 Å². The summed E-state index contributed by atoms with van der Waals surface area (Å²) in [6, 6.07) is 4.27. The van der Waals surface area contributed by atoms with Crippen LogP contribution in [0.15, 0.2) is 18.2 Å². The molecule has 0 aromatic heterocycles. The molecule has 1 aromatic carbocycles. The molecule has 0 spiro atoms. The molecule has 0 aliphatic carbocycles. The van der Waals surface area contributed by atoms with E-state index in [1.54, 1.807) is 19.2 Å². The van der Waals surface area contributed by atoms with Crippen LogP contribution in [-0.4, -0.2) is 36.6 Å². The summed E-state index contributed by atoms with van der Waals surface area (Å²) in [4.78, 5) is 22.5. The molecule has 1 aromatic rings. The van der Waals surface area contributed by atoms with Crippen LogP contribution in [0.5, 0.6) is 0 Å². The first kappa shape index (κ1) is 16.9. The molecule has 21 heavy (non-hydrogen) atoms. The van der Waals surface area contributed by atoms with Crippen molar-refractivity contribution in [2.45, 2.75) is 32.9 Å². The minimum Gasteiger partial charge on any atom is -0.383 e. The smallest absolute Gasteiger partial charge is 0.293 e. The number of nitrogens with zero attached hydrogens (tertiary/aromatic N) is 1. The topological polar surface area (TPSA) is 93.5 Å². The molecule has 2 N–H and O–H groups in total. The number of nitro benzene ring substituents is 1. The Labute approximate surface area is 123 Å². The van der Waals surface area contributed by atoms with Crippen molar-refractivity contribution in [3.05, 3.63) is 33.9 Å². The van der Waals surface area contributed by atoms with Crippen molar-refractivity contribution in [3.63, 3.8) is 0 Å². The van der Waals surface area contributed by atoms with E-state index in [1.165, 1.54) is 6.07 Å². The average molecular weight is 295 g/mol. The third kappa shape index (κ3) is 5.03. The van der Waals surface area contributed by atoms with Crippen LogP contribution in [-0.2, 0) is 4.74 Å². The minimum absolute atomic E-state index is 0.0314. The molecule has 0 radical (unpaired) electrons. The standard InChI is InChI=1S/C14H21N3O4/c1-9(2)15-14(18)11-5-6-12(13(7-11)17(19)20)16-10(3)8-21-4/h5-7,9-10,16H,8H2,1-4H3,(H,15,18). The van der Waals surface area contributed by atoms with Crippen molar-refractivity contribution in [1.82, 2.24) is 5.32 Å². The van der Waals surface area contributed by atoms with Gasteiger partial charge in [-0.05, 0) is 32.9 Å². The van der Waals surface area contributed by atoms with E-state index in [0.717, 1.165) is 0 Å². The highest BCUT2D eigenvalue weighted by Crippen LogP contribution is 2.26. The molecule has 0 aliphatic heterocycles. The Morgan fingerprint density at radius 3 is 2.57 bits per heavy atom. The number of carbonyl (C=O) groups excluding carboxylic acids is 1. The SMILES string of the molecule is COCC(C)Nc1ccc(C(=O)NC(C)C)cc1[N+](=O)[O-]. The summed E-state index contributed by atoms with van der Waals surface area (Å²) in [7, 11) is 1.56. The fourth-order valence-corrected chi connectivity index (χ4v) is 1.85. The summed E-state index contributed by atoms with van der Waals surface area (Å²) in [6.07, 6.45) is 0. The molecular formula is C14H21N3O4. The van der Waals surface area contributed by atoms with Gasteiger partial charge in [0.15, 0.2) is 0 Å². The molecule has 1 amide bonds. The molecule has 0 fully saturated rings. The Hall–Kier alpha value is -2.15. The average Bonchev–Trinajstić information content (AvgIpc) is 2.38. The van der Waals surface area contributed by atoms with E-state index in [-0.39, 0.29) is 29.2 Å². The van der Waals surface area contributed by atoms with Gasteiger partial charge in [0, 0.05) is 30.8 Å². The van der Waals surface area contributed by atoms with E-state index >= 15 is 0 Å². The second-order valence-electron chi connectivity index (χ2n) is 5.12. The lowest BCUT2D eigenvalue weighted by atomic mass is 10.1. The zero-order valence-corrected chi connectivity index (χ0v) is 12.7. The summed E-state index contributed by atoms with van der Waals surface area (Å²) in [6.45, 7) is 5.93. The Bertz CT molecular complexity index is 517. The second kappa shape index (κ2) is 7.58. The highest BCUT2D eigenvalue weighted by atomic mass is 16.6. The molecule has 7 heteroatoms. The predicted octanol–water partition coefficient (Wildman–Crippen LogP) is 2.18. The van der Waals surface area contributed by atoms with E-state index in [2.05, 4.69) is 10.6 Å². The van der Waals surface area contributed by atoms with Crippen LogP contribution >= 0.6 is 0 Å². The first-order valence-electron chi connectivity index (χ1n) is 6.70. The lowest BCUT2D eigenvalue weighted by Crippen LogP contribution is -2.30. The normalized spacial score (nSPS) is 12.0. The van der Waals surface area contributed by atoms with Crippen molar-refractivity contribution in [2.75, 3.05) is 19.0 Å². The molecule has 0 saturated carbocycles. The van der Waals surface area contributed by atoms with Gasteiger partial charge in [-0.25, -0.2) is 0 Å². The molecular weight excluding hydrogens is 274 g/mol. The summed E-state index contributed by atoms with van der Waals surface area (Å²) in [5, 5.41) is 16.9. The van der Waals surface area contributed by atoms with Gasteiger partial charge in [-0.3, -0.25) is 14.9 Å². The van der Waals surface area contributed by atoms with Crippen LogP contribution < -0.4 is 10.6 Å². The molecule has 0 aliphatic rings. The van der Waals surface area contributed by atoms with Gasteiger partial charge in [0.05, 0.1) is 11.5 Å². The van der Waals surface area contributed by atoms with Crippen LogP contribution in [0.1, 0.15) is 31.1 Å². The summed E-state index contributed by atoms with van der Waals surface area (Å²) in [5.74, 6) is -0.329. The second-order valence-corrected chi connectivity index (χ2v) is 5.12. The lowest BCUT2D eigenvalue weighted by molar-refractivity contribution is -0.384. The van der Waals surface area contributed by atoms with Crippen LogP contribution in [0.3, 0.4) is 0 Å². The number of ether oxygens (including phenoxy) is 1. The number of amides is 1. The number of hydrogen-bond acceptors (Lipinski definition) is 5. The number of rotatable bonds is 7. The van der Waals surface area contributed by atoms with Crippen molar-refractivity contribution in [1.29, 1.82) is 0 Å². The molecule has 0 heterocycles. The van der Waals surface area contributed by atoms with Gasteiger partial charge >= 0.3 is 0 Å². The van der Waals surface area contributed by atoms with Gasteiger partial charge in [-0.1, -0.05) is 0 Å². The third-order valence-electron chi connectivity index (χ3n) is 2.69. The maximum atomic E-state index is 11.9. The number of hydrogen-bond donors (Lipinski definition) is 2. The number of anilines is 1. The van der Waals surface area contributed by atoms with Gasteiger partial charge in [0.2, 0.25) is 0 Å². The van der Waals surface area contributed by atoms with E-state index in [9.17, 15) is 14.9 Å². The van der Waals surface area contributed by atoms with E-state index in [1.807, 2.05) is 20.8 Å². The molecule has 0 bridgehead atoms. The zero-order chi connectivity index (χ0) is 16.0. The van der Waals surface area contributed by atoms with Gasteiger partial charge in [0.25, 0.3) is 11.6 Å². The highest BCUT2D eigenvalue weighted by molar-refractivity contribution is 5.95. The monoisotopic (exact) mass is 295 g/mol. The largest absolute Gasteiger partial charge is 0.383 e. The van der Waals surface area contributed by atoms with Gasteiger partial charge < -0.3 is 15.4 Å². The summed E-state index contributed by atoms with van der Waals surface area (Å²) < 4.78 is 4.99. The molecule has 0 saturated heterocycles. The van der Waals surface area contributed by atoms with Crippen LogP contribution in [0.4, 0.5) is 11.4 Å². The fourth-order valence-electron chi connectivity index (χ4n) is 1.85. The van der Waals surface area contributed by atoms with Gasteiger partial charge in [-0.2, -0.15) is 0 Å². The summed E-state index contributed by atoms with van der Waals surface area (Å²) in [5.41, 5.74) is 0.500. The quantitative estimate of drug-likeness (QED) is 0.594. The van der Waals surface area contributed by atoms with E-state index in [4.69, 9.17) is 4.74 Å². The first-order chi connectivity index (χ1) is 9.85. The van der Waals surface area contributed by atoms with E-state index in [0.29, 0.717) is 12.3 Å². The minimum atomic E-state index is -0.506. The number of carbonyl (C=O) groups is 1. The summed E-state index contributed by atoms with van der Waals surface area (Å²) >= 11 is 0. The van der Waals surface area contributed by atoms with Crippen LogP contribution in [0.2, 0.25) is 0 Å². The number of nitrogens with one attached hydrogen (secondary N) is 2. The maximum absolute atomic E-state index is 11.9. The van der Waals surface area contributed by atoms with Crippen molar-refractivity contribution in [3.8, 4) is 0 Å². The third-order valence-corrected chi connectivity index (χ3v) is 2.69. The Kier molecular flexibility index (Phi) is 6.10. The van der Waals surface area contributed by atoms with Crippen LogP contribution in [0, 0.1) is 10.1 Å².